The normalized spacial score (nSPS) is 13.2. The number of rotatable bonds is 5. The van der Waals surface area contributed by atoms with Crippen LogP contribution in [0.25, 0.3) is 11.1 Å². The molecule has 0 heterocycles. The highest BCUT2D eigenvalue weighted by atomic mass is 31.1. The van der Waals surface area contributed by atoms with Crippen LogP contribution >= 0.6 is 7.92 Å². The van der Waals surface area contributed by atoms with Crippen LogP contribution in [-0.2, 0) is 0 Å². The van der Waals surface area contributed by atoms with Crippen LogP contribution in [0.15, 0.2) is 36.4 Å². The molecule has 0 aromatic heterocycles. The van der Waals surface area contributed by atoms with E-state index in [-0.39, 0.29) is 18.2 Å². The molecule has 0 saturated carbocycles. The van der Waals surface area contributed by atoms with Gasteiger partial charge >= 0.3 is 0 Å². The first kappa shape index (κ1) is 25.1. The Bertz CT molecular complexity index is 843. The Kier molecular flexibility index (Phi) is 7.67. The molecule has 0 aliphatic rings. The smallest absolute Gasteiger partial charge is 0.0101 e. The molecular weight excluding hydrogens is 379 g/mol. The Morgan fingerprint density at radius 1 is 0.600 bits per heavy atom. The molecule has 2 aromatic rings. The molecular formula is C29H45P. The molecule has 0 saturated heterocycles. The van der Waals surface area contributed by atoms with Crippen molar-refractivity contribution >= 4 is 13.2 Å². The Labute approximate surface area is 188 Å². The minimum Gasteiger partial charge on any atom is -0.0636 e. The minimum atomic E-state index is -0.371. The van der Waals surface area contributed by atoms with Crippen LogP contribution in [0.5, 0.6) is 0 Å². The van der Waals surface area contributed by atoms with Crippen LogP contribution in [0.2, 0.25) is 0 Å². The Balaban J connectivity index is 3.01. The van der Waals surface area contributed by atoms with Crippen LogP contribution < -0.4 is 5.30 Å². The van der Waals surface area contributed by atoms with E-state index < -0.39 is 0 Å². The van der Waals surface area contributed by atoms with E-state index in [0.29, 0.717) is 17.8 Å². The van der Waals surface area contributed by atoms with Gasteiger partial charge in [-0.2, -0.15) is 0 Å². The topological polar surface area (TPSA) is 0 Å². The standard InChI is InChI=1S/C29H45P/c1-19(2)22-17-18-23(20(3)4)27(26(22)21(5)6)24-15-13-14-16-25(24)30(28(7,8)9)29(10,11)12/h13-21H,1-12H3. The predicted molar refractivity (Wildman–Crippen MR) is 140 cm³/mol. The zero-order valence-corrected chi connectivity index (χ0v) is 22.5. The molecule has 0 unspecified atom stereocenters. The first-order valence-corrected chi connectivity index (χ1v) is 13.1. The molecule has 0 amide bonds. The monoisotopic (exact) mass is 424 g/mol. The molecule has 1 heteroatoms. The SMILES string of the molecule is CC(C)c1ccc(C(C)C)c(C(C)C)c1-c1ccccc1P(C(C)(C)C)C(C)(C)C. The van der Waals surface area contributed by atoms with Gasteiger partial charge in [-0.3, -0.25) is 0 Å². The fraction of sp³-hybridized carbons (Fsp3) is 0.586. The maximum atomic E-state index is 2.43. The third kappa shape index (κ3) is 5.19. The van der Waals surface area contributed by atoms with Crippen molar-refractivity contribution in [1.29, 1.82) is 0 Å². The van der Waals surface area contributed by atoms with Gasteiger partial charge < -0.3 is 0 Å². The lowest BCUT2D eigenvalue weighted by atomic mass is 9.80. The van der Waals surface area contributed by atoms with Gasteiger partial charge in [-0.1, -0.05) is 127 Å². The van der Waals surface area contributed by atoms with Crippen molar-refractivity contribution in [2.45, 2.75) is 111 Å². The molecule has 0 radical (unpaired) electrons. The second-order valence-corrected chi connectivity index (χ2v) is 15.5. The van der Waals surface area contributed by atoms with E-state index in [1.54, 1.807) is 10.9 Å². The Morgan fingerprint density at radius 2 is 1.07 bits per heavy atom. The second-order valence-electron chi connectivity index (χ2n) is 11.7. The average Bonchev–Trinajstić information content (AvgIpc) is 2.58. The Morgan fingerprint density at radius 3 is 1.50 bits per heavy atom. The van der Waals surface area contributed by atoms with Gasteiger partial charge in [0.25, 0.3) is 0 Å². The minimum absolute atomic E-state index is 0.245. The summed E-state index contributed by atoms with van der Waals surface area (Å²) in [5.41, 5.74) is 7.55. The van der Waals surface area contributed by atoms with E-state index in [4.69, 9.17) is 0 Å². The van der Waals surface area contributed by atoms with Gasteiger partial charge in [-0.25, -0.2) is 0 Å². The summed E-state index contributed by atoms with van der Waals surface area (Å²) in [7, 11) is -0.371. The van der Waals surface area contributed by atoms with Gasteiger partial charge in [0.1, 0.15) is 0 Å². The van der Waals surface area contributed by atoms with Crippen molar-refractivity contribution in [3.63, 3.8) is 0 Å². The van der Waals surface area contributed by atoms with E-state index >= 15 is 0 Å². The lowest BCUT2D eigenvalue weighted by Gasteiger charge is -2.43. The summed E-state index contributed by atoms with van der Waals surface area (Å²) < 4.78 is 0. The summed E-state index contributed by atoms with van der Waals surface area (Å²) in [6.07, 6.45) is 0. The third-order valence-corrected chi connectivity index (χ3v) is 9.44. The fourth-order valence-corrected chi connectivity index (χ4v) is 9.29. The van der Waals surface area contributed by atoms with Crippen molar-refractivity contribution < 1.29 is 0 Å². The molecule has 0 aliphatic carbocycles. The van der Waals surface area contributed by atoms with Crippen LogP contribution in [0.4, 0.5) is 0 Å². The van der Waals surface area contributed by atoms with Crippen molar-refractivity contribution in [1.82, 2.24) is 0 Å². The fourth-order valence-electron chi connectivity index (χ4n) is 5.17. The molecule has 30 heavy (non-hydrogen) atoms. The van der Waals surface area contributed by atoms with Crippen molar-refractivity contribution in [3.05, 3.63) is 53.1 Å². The first-order chi connectivity index (χ1) is 13.7. The molecule has 0 bridgehead atoms. The lowest BCUT2D eigenvalue weighted by Crippen LogP contribution is -2.32. The summed E-state index contributed by atoms with van der Waals surface area (Å²) >= 11 is 0. The van der Waals surface area contributed by atoms with Gasteiger partial charge in [-0.05, 0) is 61.2 Å². The van der Waals surface area contributed by atoms with E-state index in [0.717, 1.165) is 0 Å². The molecule has 0 aliphatic heterocycles. The molecule has 0 atom stereocenters. The van der Waals surface area contributed by atoms with Crippen molar-refractivity contribution in [2.24, 2.45) is 0 Å². The summed E-state index contributed by atoms with van der Waals surface area (Å²) in [4.78, 5) is 0. The molecule has 166 valence electrons. The molecule has 2 rings (SSSR count). The second kappa shape index (κ2) is 9.16. The summed E-state index contributed by atoms with van der Waals surface area (Å²) in [5.74, 6) is 1.53. The highest BCUT2D eigenvalue weighted by molar-refractivity contribution is 7.68. The van der Waals surface area contributed by atoms with E-state index in [1.165, 1.54) is 22.3 Å². The largest absolute Gasteiger partial charge is 0.0636 e. The summed E-state index contributed by atoms with van der Waals surface area (Å²) in [6, 6.07) is 14.1. The van der Waals surface area contributed by atoms with Gasteiger partial charge in [0.15, 0.2) is 0 Å². The third-order valence-electron chi connectivity index (χ3n) is 5.89. The zero-order chi connectivity index (χ0) is 23.0. The van der Waals surface area contributed by atoms with Crippen molar-refractivity contribution in [2.75, 3.05) is 0 Å². The first-order valence-electron chi connectivity index (χ1n) is 11.7. The quantitative estimate of drug-likeness (QED) is 0.419. The number of hydrogen-bond acceptors (Lipinski definition) is 0. The highest BCUT2D eigenvalue weighted by Crippen LogP contribution is 2.60. The van der Waals surface area contributed by atoms with Gasteiger partial charge in [0.05, 0.1) is 0 Å². The molecule has 0 spiro atoms. The van der Waals surface area contributed by atoms with Crippen LogP contribution in [0.3, 0.4) is 0 Å². The maximum Gasteiger partial charge on any atom is -0.0101 e. The lowest BCUT2D eigenvalue weighted by molar-refractivity contribution is 0.715. The van der Waals surface area contributed by atoms with Gasteiger partial charge in [0.2, 0.25) is 0 Å². The van der Waals surface area contributed by atoms with E-state index in [9.17, 15) is 0 Å². The summed E-state index contributed by atoms with van der Waals surface area (Å²) in [6.45, 7) is 28.7. The van der Waals surface area contributed by atoms with Crippen LogP contribution in [0.1, 0.15) is 118 Å². The number of benzene rings is 2. The van der Waals surface area contributed by atoms with E-state index in [1.807, 2.05) is 0 Å². The zero-order valence-electron chi connectivity index (χ0n) is 21.6. The van der Waals surface area contributed by atoms with E-state index in [2.05, 4.69) is 119 Å². The van der Waals surface area contributed by atoms with Crippen LogP contribution in [0, 0.1) is 0 Å². The molecule has 0 fully saturated rings. The molecule has 2 aromatic carbocycles. The average molecular weight is 425 g/mol. The number of hydrogen-bond donors (Lipinski definition) is 0. The Hall–Kier alpha value is -1.13. The molecule has 0 nitrogen and oxygen atoms in total. The predicted octanol–water partition coefficient (Wildman–Crippen LogP) is 9.43. The highest BCUT2D eigenvalue weighted by Gasteiger charge is 2.37. The molecule has 0 N–H and O–H groups in total. The maximum absolute atomic E-state index is 2.43. The van der Waals surface area contributed by atoms with Crippen molar-refractivity contribution in [3.8, 4) is 11.1 Å². The summed E-state index contributed by atoms with van der Waals surface area (Å²) in [5, 5.41) is 2.06. The van der Waals surface area contributed by atoms with Crippen LogP contribution in [-0.4, -0.2) is 10.3 Å². The van der Waals surface area contributed by atoms with Gasteiger partial charge in [0, 0.05) is 0 Å². The van der Waals surface area contributed by atoms with Gasteiger partial charge in [-0.15, -0.1) is 0 Å².